The second-order valence-corrected chi connectivity index (χ2v) is 8.25. The number of fused-ring (bicyclic) bond motifs is 1. The molecule has 0 saturated carbocycles. The molecule has 6 heteroatoms. The number of hydrogen-bond donors (Lipinski definition) is 0. The van der Waals surface area contributed by atoms with Crippen molar-refractivity contribution in [2.45, 2.75) is 0 Å². The zero-order valence-corrected chi connectivity index (χ0v) is 18.9. The molecule has 170 valence electrons. The van der Waals surface area contributed by atoms with Gasteiger partial charge in [-0.3, -0.25) is 4.90 Å². The van der Waals surface area contributed by atoms with E-state index in [0.717, 1.165) is 49.4 Å². The monoisotopic (exact) mass is 450 g/mol. The summed E-state index contributed by atoms with van der Waals surface area (Å²) in [6.07, 6.45) is 1.82. The van der Waals surface area contributed by atoms with Gasteiger partial charge in [-0.2, -0.15) is 5.26 Å². The quantitative estimate of drug-likeness (QED) is 0.365. The first-order valence-electron chi connectivity index (χ1n) is 11.5. The van der Waals surface area contributed by atoms with Gasteiger partial charge in [0, 0.05) is 44.0 Å². The Labute approximate surface area is 199 Å². The van der Waals surface area contributed by atoms with Crippen LogP contribution in [-0.2, 0) is 0 Å². The Morgan fingerprint density at radius 2 is 1.68 bits per heavy atom. The molecule has 0 spiro atoms. The van der Waals surface area contributed by atoms with Crippen LogP contribution in [0.25, 0.3) is 22.6 Å². The van der Waals surface area contributed by atoms with Crippen LogP contribution >= 0.6 is 0 Å². The number of nitriles is 1. The maximum atomic E-state index is 9.81. The van der Waals surface area contributed by atoms with Gasteiger partial charge in [-0.15, -0.1) is 0 Å². The fourth-order valence-electron chi connectivity index (χ4n) is 4.27. The minimum absolute atomic E-state index is 0.443. The van der Waals surface area contributed by atoms with Crippen LogP contribution in [-0.4, -0.2) is 49.4 Å². The van der Waals surface area contributed by atoms with E-state index in [1.54, 1.807) is 0 Å². The Kier molecular flexibility index (Phi) is 6.55. The maximum absolute atomic E-state index is 9.81. The van der Waals surface area contributed by atoms with Crippen molar-refractivity contribution in [3.05, 3.63) is 90.1 Å². The third kappa shape index (κ3) is 4.80. The van der Waals surface area contributed by atoms with Crippen molar-refractivity contribution in [2.24, 2.45) is 0 Å². The van der Waals surface area contributed by atoms with E-state index in [1.165, 1.54) is 5.69 Å². The number of hydrogen-bond acceptors (Lipinski definition) is 6. The topological polar surface area (TPSA) is 65.5 Å². The lowest BCUT2D eigenvalue weighted by atomic mass is 10.1. The second kappa shape index (κ2) is 10.2. The van der Waals surface area contributed by atoms with Gasteiger partial charge >= 0.3 is 0 Å². The number of ether oxygens (including phenoxy) is 1. The van der Waals surface area contributed by atoms with Crippen LogP contribution < -0.4 is 9.64 Å². The SMILES string of the molecule is N#C/C(=C\c1ccccc1OCCN1CCN(c2ccccc2)CC1)c1noc2ccccc12. The van der Waals surface area contributed by atoms with Crippen molar-refractivity contribution in [2.75, 3.05) is 44.2 Å². The Hall–Kier alpha value is -4.08. The lowest BCUT2D eigenvalue weighted by Crippen LogP contribution is -2.47. The highest BCUT2D eigenvalue weighted by molar-refractivity contribution is 5.99. The molecule has 34 heavy (non-hydrogen) atoms. The zero-order valence-electron chi connectivity index (χ0n) is 18.9. The maximum Gasteiger partial charge on any atom is 0.167 e. The molecule has 1 aliphatic rings. The number of nitrogens with zero attached hydrogens (tertiary/aromatic N) is 4. The highest BCUT2D eigenvalue weighted by Gasteiger charge is 2.17. The summed E-state index contributed by atoms with van der Waals surface area (Å²) in [7, 11) is 0. The predicted molar refractivity (Wildman–Crippen MR) is 135 cm³/mol. The number of piperazine rings is 1. The zero-order chi connectivity index (χ0) is 23.2. The predicted octanol–water partition coefficient (Wildman–Crippen LogP) is 5.09. The number of allylic oxidation sites excluding steroid dienone is 1. The van der Waals surface area contributed by atoms with Crippen molar-refractivity contribution in [3.8, 4) is 11.8 Å². The van der Waals surface area contributed by atoms with Crippen LogP contribution in [0.4, 0.5) is 5.69 Å². The molecule has 0 bridgehead atoms. The van der Waals surface area contributed by atoms with Crippen LogP contribution in [0.5, 0.6) is 5.75 Å². The Bertz CT molecular complexity index is 1320. The number of benzene rings is 3. The van der Waals surface area contributed by atoms with Gasteiger partial charge in [-0.25, -0.2) is 0 Å². The molecule has 0 radical (unpaired) electrons. The first-order chi connectivity index (χ1) is 16.8. The van der Waals surface area contributed by atoms with E-state index in [1.807, 2.05) is 54.6 Å². The van der Waals surface area contributed by atoms with Gasteiger partial charge in [0.05, 0.1) is 11.0 Å². The van der Waals surface area contributed by atoms with E-state index in [4.69, 9.17) is 9.26 Å². The van der Waals surface area contributed by atoms with Crippen LogP contribution in [0.2, 0.25) is 0 Å². The molecule has 0 aliphatic carbocycles. The van der Waals surface area contributed by atoms with E-state index < -0.39 is 0 Å². The highest BCUT2D eigenvalue weighted by atomic mass is 16.5. The Morgan fingerprint density at radius 1 is 0.941 bits per heavy atom. The van der Waals surface area contributed by atoms with E-state index in [9.17, 15) is 5.26 Å². The van der Waals surface area contributed by atoms with Crippen molar-refractivity contribution < 1.29 is 9.26 Å². The lowest BCUT2D eigenvalue weighted by molar-refractivity contribution is 0.200. The largest absolute Gasteiger partial charge is 0.492 e. The lowest BCUT2D eigenvalue weighted by Gasteiger charge is -2.36. The Balaban J connectivity index is 1.22. The summed E-state index contributed by atoms with van der Waals surface area (Å²) < 4.78 is 11.5. The molecule has 3 aromatic carbocycles. The molecular weight excluding hydrogens is 424 g/mol. The fourth-order valence-corrected chi connectivity index (χ4v) is 4.27. The average Bonchev–Trinajstić information content (AvgIpc) is 3.33. The van der Waals surface area contributed by atoms with Gasteiger partial charge in [-0.1, -0.05) is 53.7 Å². The molecule has 1 aromatic heterocycles. The number of para-hydroxylation sites is 3. The van der Waals surface area contributed by atoms with Crippen LogP contribution in [0.1, 0.15) is 11.3 Å². The summed E-state index contributed by atoms with van der Waals surface area (Å²) in [5.74, 6) is 0.756. The van der Waals surface area contributed by atoms with E-state index in [2.05, 4.69) is 51.4 Å². The second-order valence-electron chi connectivity index (χ2n) is 8.25. The van der Waals surface area contributed by atoms with E-state index in [0.29, 0.717) is 23.5 Å². The van der Waals surface area contributed by atoms with Crippen molar-refractivity contribution in [3.63, 3.8) is 0 Å². The summed E-state index contributed by atoms with van der Waals surface area (Å²) in [5.41, 5.74) is 3.78. The molecule has 5 rings (SSSR count). The molecule has 1 aliphatic heterocycles. The van der Waals surface area contributed by atoms with Gasteiger partial charge in [-0.05, 0) is 36.4 Å². The summed E-state index contributed by atoms with van der Waals surface area (Å²) in [6.45, 7) is 5.50. The summed E-state index contributed by atoms with van der Waals surface area (Å²) in [4.78, 5) is 4.86. The average molecular weight is 451 g/mol. The first kappa shape index (κ1) is 21.7. The van der Waals surface area contributed by atoms with Crippen molar-refractivity contribution in [1.82, 2.24) is 10.1 Å². The highest BCUT2D eigenvalue weighted by Crippen LogP contribution is 2.28. The molecule has 0 N–H and O–H groups in total. The molecule has 0 unspecified atom stereocenters. The van der Waals surface area contributed by atoms with Crippen LogP contribution in [0.3, 0.4) is 0 Å². The molecule has 1 fully saturated rings. The van der Waals surface area contributed by atoms with Crippen LogP contribution in [0, 0.1) is 11.3 Å². The molecular formula is C28H26N4O2. The standard InChI is InChI=1S/C28H26N4O2/c29-21-23(28-25-11-5-7-13-27(25)34-30-28)20-22-8-4-6-12-26(22)33-19-18-31-14-16-32(17-15-31)24-9-2-1-3-10-24/h1-13,20H,14-19H2/b23-20+. The number of rotatable bonds is 7. The smallest absolute Gasteiger partial charge is 0.167 e. The third-order valence-electron chi connectivity index (χ3n) is 6.13. The van der Waals surface area contributed by atoms with Crippen molar-refractivity contribution >= 4 is 28.3 Å². The van der Waals surface area contributed by atoms with Gasteiger partial charge in [0.25, 0.3) is 0 Å². The van der Waals surface area contributed by atoms with Crippen LogP contribution in [0.15, 0.2) is 83.4 Å². The van der Waals surface area contributed by atoms with E-state index >= 15 is 0 Å². The molecule has 4 aromatic rings. The first-order valence-corrected chi connectivity index (χ1v) is 11.5. The molecule has 0 atom stereocenters. The van der Waals surface area contributed by atoms with Gasteiger partial charge < -0.3 is 14.2 Å². The number of anilines is 1. The normalized spacial score (nSPS) is 14.8. The fraction of sp³-hybridized carbons (Fsp3) is 0.214. The van der Waals surface area contributed by atoms with Gasteiger partial charge in [0.2, 0.25) is 0 Å². The molecule has 6 nitrogen and oxygen atoms in total. The number of aromatic nitrogens is 1. The van der Waals surface area contributed by atoms with E-state index in [-0.39, 0.29) is 0 Å². The van der Waals surface area contributed by atoms with Gasteiger partial charge in [0.15, 0.2) is 5.58 Å². The minimum Gasteiger partial charge on any atom is -0.492 e. The summed E-state index contributed by atoms with van der Waals surface area (Å²) >= 11 is 0. The molecule has 2 heterocycles. The Morgan fingerprint density at radius 3 is 2.50 bits per heavy atom. The third-order valence-corrected chi connectivity index (χ3v) is 6.13. The summed E-state index contributed by atoms with van der Waals surface area (Å²) in [6, 6.07) is 28.2. The molecule has 0 amide bonds. The summed E-state index contributed by atoms with van der Waals surface area (Å²) in [5, 5.41) is 14.8. The van der Waals surface area contributed by atoms with Crippen molar-refractivity contribution in [1.29, 1.82) is 5.26 Å². The van der Waals surface area contributed by atoms with Gasteiger partial charge in [0.1, 0.15) is 24.1 Å². The molecule has 1 saturated heterocycles. The minimum atomic E-state index is 0.443.